The van der Waals surface area contributed by atoms with Crippen LogP contribution in [0, 0.1) is 0 Å². The van der Waals surface area contributed by atoms with Gasteiger partial charge < -0.3 is 10.6 Å². The van der Waals surface area contributed by atoms with Gasteiger partial charge in [0, 0.05) is 6.54 Å². The Kier molecular flexibility index (Phi) is 2.06. The van der Waals surface area contributed by atoms with Crippen molar-refractivity contribution in [3.05, 3.63) is 23.2 Å². The zero-order chi connectivity index (χ0) is 10.3. The Balaban J connectivity index is 1.98. The number of para-hydroxylation sites is 1. The van der Waals surface area contributed by atoms with Gasteiger partial charge >= 0.3 is 0 Å². The fourth-order valence-corrected chi connectivity index (χ4v) is 2.95. The molecule has 15 heavy (non-hydrogen) atoms. The van der Waals surface area contributed by atoms with E-state index < -0.39 is 0 Å². The van der Waals surface area contributed by atoms with Crippen molar-refractivity contribution in [2.24, 2.45) is 0 Å². The van der Waals surface area contributed by atoms with Crippen molar-refractivity contribution in [3.63, 3.8) is 0 Å². The molecule has 3 heteroatoms. The molecule has 1 aliphatic heterocycles. The Labute approximate surface area is 95.0 Å². The van der Waals surface area contributed by atoms with E-state index in [9.17, 15) is 0 Å². The first-order chi connectivity index (χ1) is 7.29. The lowest BCUT2D eigenvalue weighted by molar-refractivity contribution is 0.500. The highest BCUT2D eigenvalue weighted by atomic mass is 35.5. The van der Waals surface area contributed by atoms with E-state index >= 15 is 0 Å². The first kappa shape index (κ1) is 9.34. The number of nitrogens with one attached hydrogen (secondary N) is 2. The van der Waals surface area contributed by atoms with Crippen molar-refractivity contribution in [1.29, 1.82) is 0 Å². The molecular weight excluding hydrogens is 208 g/mol. The quantitative estimate of drug-likeness (QED) is 0.702. The average Bonchev–Trinajstić information content (AvgIpc) is 2.68. The second-order valence-electron chi connectivity index (χ2n) is 4.63. The Morgan fingerprint density at radius 2 is 2.00 bits per heavy atom. The minimum atomic E-state index is 0.262. The molecule has 0 bridgehead atoms. The van der Waals surface area contributed by atoms with Crippen LogP contribution in [0.25, 0.3) is 0 Å². The maximum absolute atomic E-state index is 6.20. The molecule has 1 aliphatic carbocycles. The topological polar surface area (TPSA) is 24.1 Å². The summed E-state index contributed by atoms with van der Waals surface area (Å²) in [4.78, 5) is 0. The van der Waals surface area contributed by atoms with Gasteiger partial charge in [-0.3, -0.25) is 0 Å². The molecule has 0 aromatic heterocycles. The first-order valence-corrected chi connectivity index (χ1v) is 5.98. The Hall–Kier alpha value is -0.890. The lowest BCUT2D eigenvalue weighted by Gasteiger charge is -2.38. The van der Waals surface area contributed by atoms with E-state index in [1.807, 2.05) is 12.1 Å². The molecule has 1 spiro atoms. The molecular formula is C12H15ClN2. The third-order valence-corrected chi connectivity index (χ3v) is 3.90. The molecule has 3 rings (SSSR count). The van der Waals surface area contributed by atoms with Crippen LogP contribution in [0.15, 0.2) is 18.2 Å². The minimum absolute atomic E-state index is 0.262. The van der Waals surface area contributed by atoms with Crippen LogP contribution in [-0.2, 0) is 0 Å². The van der Waals surface area contributed by atoms with Crippen LogP contribution in [0.5, 0.6) is 0 Å². The highest BCUT2D eigenvalue weighted by molar-refractivity contribution is 6.34. The predicted octanol–water partition coefficient (Wildman–Crippen LogP) is 3.49. The van der Waals surface area contributed by atoms with Crippen LogP contribution in [0.4, 0.5) is 11.4 Å². The summed E-state index contributed by atoms with van der Waals surface area (Å²) in [6.45, 7) is 1.03. The second kappa shape index (κ2) is 3.31. The van der Waals surface area contributed by atoms with E-state index in [4.69, 9.17) is 11.6 Å². The molecule has 1 aromatic rings. The van der Waals surface area contributed by atoms with Gasteiger partial charge in [-0.05, 0) is 25.0 Å². The van der Waals surface area contributed by atoms with Crippen LogP contribution >= 0.6 is 11.6 Å². The van der Waals surface area contributed by atoms with Gasteiger partial charge in [-0.2, -0.15) is 0 Å². The van der Waals surface area contributed by atoms with E-state index in [0.29, 0.717) is 0 Å². The number of anilines is 2. The number of hydrogen-bond acceptors (Lipinski definition) is 2. The maximum Gasteiger partial charge on any atom is 0.0770 e. The van der Waals surface area contributed by atoms with Crippen LogP contribution < -0.4 is 10.6 Å². The SMILES string of the molecule is Clc1cccc2c1NC1(CCCC1)CN2. The molecule has 0 amide bonds. The zero-order valence-electron chi connectivity index (χ0n) is 8.65. The molecule has 0 saturated heterocycles. The third-order valence-electron chi connectivity index (χ3n) is 3.58. The molecule has 1 aromatic carbocycles. The number of halogens is 1. The Morgan fingerprint density at radius 3 is 2.80 bits per heavy atom. The third kappa shape index (κ3) is 1.48. The monoisotopic (exact) mass is 222 g/mol. The molecule has 2 aliphatic rings. The largest absolute Gasteiger partial charge is 0.381 e. The van der Waals surface area contributed by atoms with Crippen LogP contribution in [0.1, 0.15) is 25.7 Å². The number of benzene rings is 1. The Morgan fingerprint density at radius 1 is 1.20 bits per heavy atom. The molecule has 1 saturated carbocycles. The van der Waals surface area contributed by atoms with E-state index in [1.165, 1.54) is 25.7 Å². The zero-order valence-corrected chi connectivity index (χ0v) is 9.40. The van der Waals surface area contributed by atoms with Crippen molar-refractivity contribution in [2.45, 2.75) is 31.2 Å². The number of hydrogen-bond donors (Lipinski definition) is 2. The van der Waals surface area contributed by atoms with Crippen LogP contribution in [-0.4, -0.2) is 12.1 Å². The van der Waals surface area contributed by atoms with Crippen LogP contribution in [0.3, 0.4) is 0 Å². The maximum atomic E-state index is 6.20. The van der Waals surface area contributed by atoms with Crippen molar-refractivity contribution in [1.82, 2.24) is 0 Å². The number of rotatable bonds is 0. The standard InChI is InChI=1S/C12H15ClN2/c13-9-4-3-5-10-11(9)15-12(8-14-10)6-1-2-7-12/h3-5,14-15H,1-2,6-8H2. The molecule has 80 valence electrons. The lowest BCUT2D eigenvalue weighted by atomic mass is 9.94. The Bertz CT molecular complexity index is 383. The summed E-state index contributed by atoms with van der Waals surface area (Å²) in [6.07, 6.45) is 5.16. The highest BCUT2D eigenvalue weighted by Gasteiger charge is 2.37. The molecule has 1 fully saturated rings. The molecule has 1 heterocycles. The van der Waals surface area contributed by atoms with E-state index in [1.54, 1.807) is 0 Å². The number of fused-ring (bicyclic) bond motifs is 1. The van der Waals surface area contributed by atoms with Crippen molar-refractivity contribution in [3.8, 4) is 0 Å². The smallest absolute Gasteiger partial charge is 0.0770 e. The van der Waals surface area contributed by atoms with Gasteiger partial charge in [0.15, 0.2) is 0 Å². The van der Waals surface area contributed by atoms with Gasteiger partial charge in [0.2, 0.25) is 0 Å². The summed E-state index contributed by atoms with van der Waals surface area (Å²) in [5, 5.41) is 7.96. The summed E-state index contributed by atoms with van der Waals surface area (Å²) >= 11 is 6.20. The molecule has 2 nitrogen and oxygen atoms in total. The van der Waals surface area contributed by atoms with Gasteiger partial charge in [0.25, 0.3) is 0 Å². The second-order valence-corrected chi connectivity index (χ2v) is 5.04. The summed E-state index contributed by atoms with van der Waals surface area (Å²) in [5.41, 5.74) is 2.49. The summed E-state index contributed by atoms with van der Waals surface area (Å²) in [7, 11) is 0. The highest BCUT2D eigenvalue weighted by Crippen LogP contribution is 2.42. The fourth-order valence-electron chi connectivity index (χ4n) is 2.73. The molecule has 0 radical (unpaired) electrons. The summed E-state index contributed by atoms with van der Waals surface area (Å²) in [6, 6.07) is 6.02. The normalized spacial score (nSPS) is 21.9. The minimum Gasteiger partial charge on any atom is -0.381 e. The van der Waals surface area contributed by atoms with Crippen molar-refractivity contribution >= 4 is 23.0 Å². The van der Waals surface area contributed by atoms with Gasteiger partial charge in [0.05, 0.1) is 21.9 Å². The molecule has 2 N–H and O–H groups in total. The summed E-state index contributed by atoms with van der Waals surface area (Å²) < 4.78 is 0. The van der Waals surface area contributed by atoms with Gasteiger partial charge in [-0.25, -0.2) is 0 Å². The fraction of sp³-hybridized carbons (Fsp3) is 0.500. The van der Waals surface area contributed by atoms with E-state index in [0.717, 1.165) is 22.9 Å². The van der Waals surface area contributed by atoms with E-state index in [2.05, 4.69) is 16.7 Å². The predicted molar refractivity (Wildman–Crippen MR) is 64.8 cm³/mol. The first-order valence-electron chi connectivity index (χ1n) is 5.60. The molecule has 0 atom stereocenters. The van der Waals surface area contributed by atoms with Crippen LogP contribution in [0.2, 0.25) is 5.02 Å². The van der Waals surface area contributed by atoms with Crippen molar-refractivity contribution in [2.75, 3.05) is 17.2 Å². The van der Waals surface area contributed by atoms with Gasteiger partial charge in [-0.1, -0.05) is 30.5 Å². The van der Waals surface area contributed by atoms with Gasteiger partial charge in [-0.15, -0.1) is 0 Å². The lowest BCUT2D eigenvalue weighted by Crippen LogP contribution is -2.45. The average molecular weight is 223 g/mol. The molecule has 0 unspecified atom stereocenters. The van der Waals surface area contributed by atoms with E-state index in [-0.39, 0.29) is 5.54 Å². The van der Waals surface area contributed by atoms with Crippen molar-refractivity contribution < 1.29 is 0 Å². The van der Waals surface area contributed by atoms with Gasteiger partial charge in [0.1, 0.15) is 0 Å². The summed E-state index contributed by atoms with van der Waals surface area (Å²) in [5.74, 6) is 0.